The van der Waals surface area contributed by atoms with E-state index in [0.717, 1.165) is 29.1 Å². The molecule has 0 atom stereocenters. The molecular formula is C18H37Y-. The summed E-state index contributed by atoms with van der Waals surface area (Å²) in [5, 5.41) is 0. The standard InChI is InChI=1S/C10H20.C8H17.Y/c1-8(2)10(9(3)4)6-5-7-10;1-6(2)8(5)7(3)4;/h8-9H,5-7H2,1-4H3;6-7H,1-5H3;/q;-1;. The van der Waals surface area contributed by atoms with Crippen LogP contribution in [0.25, 0.3) is 0 Å². The summed E-state index contributed by atoms with van der Waals surface area (Å²) in [6.45, 7) is 20.7. The minimum Gasteiger partial charge on any atom is -0.312 e. The van der Waals surface area contributed by atoms with Crippen LogP contribution in [0.3, 0.4) is 0 Å². The molecule has 0 aliphatic heterocycles. The molecule has 0 aromatic carbocycles. The molecule has 19 heavy (non-hydrogen) atoms. The van der Waals surface area contributed by atoms with Crippen molar-refractivity contribution in [2.45, 2.75) is 81.6 Å². The van der Waals surface area contributed by atoms with E-state index >= 15 is 0 Å². The van der Waals surface area contributed by atoms with Crippen molar-refractivity contribution in [2.75, 3.05) is 0 Å². The predicted molar refractivity (Wildman–Crippen MR) is 84.6 cm³/mol. The minimum atomic E-state index is 0. The van der Waals surface area contributed by atoms with E-state index in [0.29, 0.717) is 0 Å². The topological polar surface area (TPSA) is 0 Å². The van der Waals surface area contributed by atoms with Gasteiger partial charge in [-0.25, -0.2) is 0 Å². The Morgan fingerprint density at radius 2 is 1.05 bits per heavy atom. The Labute approximate surface area is 148 Å². The molecular weight excluding hydrogens is 305 g/mol. The van der Waals surface area contributed by atoms with Crippen LogP contribution in [0.2, 0.25) is 0 Å². The molecule has 0 nitrogen and oxygen atoms in total. The summed E-state index contributed by atoms with van der Waals surface area (Å²) in [5.41, 5.74) is 0.722. The summed E-state index contributed by atoms with van der Waals surface area (Å²) in [6, 6.07) is 0. The van der Waals surface area contributed by atoms with E-state index in [1.807, 2.05) is 0 Å². The third-order valence-electron chi connectivity index (χ3n) is 5.41. The average Bonchev–Trinajstić information content (AvgIpc) is 2.13. The molecule has 1 saturated carbocycles. The van der Waals surface area contributed by atoms with Crippen molar-refractivity contribution < 1.29 is 32.7 Å². The first-order valence-electron chi connectivity index (χ1n) is 7.98. The van der Waals surface area contributed by atoms with E-state index < -0.39 is 0 Å². The molecule has 1 aliphatic carbocycles. The third-order valence-corrected chi connectivity index (χ3v) is 5.41. The van der Waals surface area contributed by atoms with Gasteiger partial charge >= 0.3 is 0 Å². The molecule has 0 saturated heterocycles. The van der Waals surface area contributed by atoms with Gasteiger partial charge in [0.25, 0.3) is 0 Å². The van der Waals surface area contributed by atoms with E-state index in [1.54, 1.807) is 5.92 Å². The zero-order chi connectivity index (χ0) is 14.5. The SMILES string of the molecule is CC(C)C1(C(C)C)CCC1.C[C-](C(C)C)C(C)C.[Y]. The van der Waals surface area contributed by atoms with Crippen LogP contribution in [-0.4, -0.2) is 0 Å². The number of hydrogen-bond acceptors (Lipinski definition) is 0. The van der Waals surface area contributed by atoms with Crippen molar-refractivity contribution in [3.8, 4) is 0 Å². The third kappa shape index (κ3) is 6.60. The van der Waals surface area contributed by atoms with E-state index in [9.17, 15) is 0 Å². The molecule has 0 bridgehead atoms. The van der Waals surface area contributed by atoms with Gasteiger partial charge in [-0.3, -0.25) is 0 Å². The van der Waals surface area contributed by atoms with Gasteiger partial charge in [0.05, 0.1) is 0 Å². The Balaban J connectivity index is 0. The summed E-state index contributed by atoms with van der Waals surface area (Å²) in [7, 11) is 0. The zero-order valence-electron chi connectivity index (χ0n) is 15.0. The van der Waals surface area contributed by atoms with Gasteiger partial charge in [0, 0.05) is 32.7 Å². The maximum Gasteiger partial charge on any atom is 0 e. The Hall–Kier alpha value is 1.10. The smallest absolute Gasteiger partial charge is 0 e. The maximum absolute atomic E-state index is 2.37. The normalized spacial score (nSPS) is 17.4. The first-order chi connectivity index (χ1) is 8.15. The molecule has 113 valence electrons. The molecule has 0 unspecified atom stereocenters. The molecule has 1 aliphatic rings. The first-order valence-corrected chi connectivity index (χ1v) is 7.98. The van der Waals surface area contributed by atoms with Gasteiger partial charge < -0.3 is 5.92 Å². The Morgan fingerprint density at radius 3 is 1.05 bits per heavy atom. The predicted octanol–water partition coefficient (Wildman–Crippen LogP) is 6.36. The molecule has 0 aromatic rings. The molecule has 1 radical (unpaired) electrons. The number of hydrogen-bond donors (Lipinski definition) is 0. The van der Waals surface area contributed by atoms with Gasteiger partial charge in [-0.2, -0.15) is 18.8 Å². The van der Waals surface area contributed by atoms with E-state index in [-0.39, 0.29) is 32.7 Å². The van der Waals surface area contributed by atoms with E-state index in [4.69, 9.17) is 0 Å². The molecule has 1 rings (SSSR count). The van der Waals surface area contributed by atoms with Gasteiger partial charge in [-0.1, -0.05) is 61.8 Å². The summed E-state index contributed by atoms with van der Waals surface area (Å²) in [4.78, 5) is 0. The van der Waals surface area contributed by atoms with Crippen molar-refractivity contribution >= 4 is 0 Å². The fourth-order valence-corrected chi connectivity index (χ4v) is 3.07. The van der Waals surface area contributed by atoms with E-state index in [2.05, 4.69) is 62.3 Å². The van der Waals surface area contributed by atoms with Crippen LogP contribution < -0.4 is 0 Å². The molecule has 0 aromatic heterocycles. The van der Waals surface area contributed by atoms with Crippen LogP contribution in [0, 0.1) is 35.0 Å². The Bertz CT molecular complexity index is 194. The Morgan fingerprint density at radius 1 is 0.737 bits per heavy atom. The van der Waals surface area contributed by atoms with Crippen LogP contribution in [0.1, 0.15) is 81.6 Å². The van der Waals surface area contributed by atoms with Crippen LogP contribution in [0.5, 0.6) is 0 Å². The summed E-state index contributed by atoms with van der Waals surface area (Å²) in [6.07, 6.45) is 4.42. The zero-order valence-corrected chi connectivity index (χ0v) is 17.8. The van der Waals surface area contributed by atoms with Gasteiger partial charge in [0.1, 0.15) is 0 Å². The second kappa shape index (κ2) is 9.94. The van der Waals surface area contributed by atoms with Crippen LogP contribution >= 0.6 is 0 Å². The largest absolute Gasteiger partial charge is 0.312 e. The minimum absolute atomic E-state index is 0. The number of rotatable bonds is 4. The van der Waals surface area contributed by atoms with Crippen molar-refractivity contribution in [3.63, 3.8) is 0 Å². The summed E-state index contributed by atoms with van der Waals surface area (Å²) in [5.74, 6) is 4.90. The van der Waals surface area contributed by atoms with Crippen molar-refractivity contribution in [2.24, 2.45) is 29.1 Å². The average molecular weight is 342 g/mol. The maximum atomic E-state index is 2.37. The second-order valence-corrected chi connectivity index (χ2v) is 7.45. The van der Waals surface area contributed by atoms with Crippen molar-refractivity contribution in [3.05, 3.63) is 5.92 Å². The molecule has 0 amide bonds. The van der Waals surface area contributed by atoms with Crippen molar-refractivity contribution in [1.29, 1.82) is 0 Å². The summed E-state index contributed by atoms with van der Waals surface area (Å²) >= 11 is 0. The first kappa shape index (κ1) is 22.4. The van der Waals surface area contributed by atoms with Crippen LogP contribution in [-0.2, 0) is 32.7 Å². The molecule has 1 fully saturated rings. The molecule has 1 heteroatoms. The van der Waals surface area contributed by atoms with Crippen molar-refractivity contribution in [1.82, 2.24) is 0 Å². The fourth-order valence-electron chi connectivity index (χ4n) is 3.07. The Kier molecular flexibility index (Phi) is 11.7. The van der Waals surface area contributed by atoms with Gasteiger partial charge in [0.2, 0.25) is 0 Å². The fraction of sp³-hybridized carbons (Fsp3) is 0.944. The monoisotopic (exact) mass is 342 g/mol. The van der Waals surface area contributed by atoms with Gasteiger partial charge in [-0.15, -0.1) is 0 Å². The van der Waals surface area contributed by atoms with E-state index in [1.165, 1.54) is 19.3 Å². The summed E-state index contributed by atoms with van der Waals surface area (Å²) < 4.78 is 0. The van der Waals surface area contributed by atoms with Gasteiger partial charge in [0.15, 0.2) is 0 Å². The quantitative estimate of drug-likeness (QED) is 0.522. The second-order valence-electron chi connectivity index (χ2n) is 7.45. The molecule has 0 heterocycles. The van der Waals surface area contributed by atoms with Crippen LogP contribution in [0.15, 0.2) is 0 Å². The molecule has 0 N–H and O–H groups in total. The van der Waals surface area contributed by atoms with Crippen LogP contribution in [0.4, 0.5) is 0 Å². The van der Waals surface area contributed by atoms with Gasteiger partial charge in [-0.05, 0) is 30.1 Å². The molecule has 0 spiro atoms.